The summed E-state index contributed by atoms with van der Waals surface area (Å²) in [5.74, 6) is 0.197. The fraction of sp³-hybridized carbons (Fsp3) is 0.278. The average molecular weight is 265 g/mol. The Balaban J connectivity index is 2.22. The second kappa shape index (κ2) is 4.78. The van der Waals surface area contributed by atoms with Crippen molar-refractivity contribution in [2.75, 3.05) is 7.05 Å². The van der Waals surface area contributed by atoms with E-state index in [0.717, 1.165) is 17.5 Å². The molecule has 20 heavy (non-hydrogen) atoms. The third-order valence-electron chi connectivity index (χ3n) is 4.48. The molecule has 1 aliphatic heterocycles. The van der Waals surface area contributed by atoms with E-state index >= 15 is 0 Å². The van der Waals surface area contributed by atoms with E-state index in [1.165, 1.54) is 0 Å². The molecular formula is C18H19NO. The first-order valence-electron chi connectivity index (χ1n) is 7.04. The molecule has 102 valence electrons. The van der Waals surface area contributed by atoms with Crippen molar-refractivity contribution in [1.82, 2.24) is 4.90 Å². The number of carbonyl (C=O) groups is 1. The molecule has 0 aliphatic carbocycles. The van der Waals surface area contributed by atoms with E-state index in [4.69, 9.17) is 0 Å². The Morgan fingerprint density at radius 2 is 1.40 bits per heavy atom. The monoisotopic (exact) mass is 265 g/mol. The van der Waals surface area contributed by atoms with E-state index in [1.54, 1.807) is 0 Å². The van der Waals surface area contributed by atoms with Crippen LogP contribution in [0, 0.1) is 0 Å². The largest absolute Gasteiger partial charge is 0.342 e. The number of rotatable bonds is 2. The number of nitrogens with zero attached hydrogens (tertiary/aromatic N) is 1. The minimum absolute atomic E-state index is 0.197. The Labute approximate surface area is 120 Å². The van der Waals surface area contributed by atoms with Gasteiger partial charge >= 0.3 is 0 Å². The van der Waals surface area contributed by atoms with Crippen molar-refractivity contribution in [3.05, 3.63) is 71.8 Å². The first-order valence-corrected chi connectivity index (χ1v) is 7.04. The molecule has 1 amide bonds. The molecule has 2 nitrogen and oxygen atoms in total. The summed E-state index contributed by atoms with van der Waals surface area (Å²) < 4.78 is 0. The lowest BCUT2D eigenvalue weighted by Crippen LogP contribution is -2.37. The van der Waals surface area contributed by atoms with E-state index in [1.807, 2.05) is 48.3 Å². The lowest BCUT2D eigenvalue weighted by atomic mass is 9.72. The highest BCUT2D eigenvalue weighted by molar-refractivity contribution is 5.94. The van der Waals surface area contributed by atoms with Gasteiger partial charge in [-0.25, -0.2) is 0 Å². The minimum atomic E-state index is -0.531. The van der Waals surface area contributed by atoms with Gasteiger partial charge in [-0.05, 0) is 24.5 Å². The van der Waals surface area contributed by atoms with Crippen molar-refractivity contribution in [3.8, 4) is 0 Å². The number of likely N-dealkylation sites (tertiary alicyclic amines) is 1. The maximum absolute atomic E-state index is 13.0. The van der Waals surface area contributed by atoms with Gasteiger partial charge in [-0.15, -0.1) is 0 Å². The standard InChI is InChI=1S/C18H19NO/c1-14-13-18(17(20)19(14)2,15-9-5-3-6-10-15)16-11-7-4-8-12-16/h3-12,14H,13H2,1-2H3/t14-/m1/s1. The molecule has 0 spiro atoms. The van der Waals surface area contributed by atoms with Gasteiger partial charge in [0.05, 0.1) is 0 Å². The SMILES string of the molecule is C[C@@H]1CC(c2ccccc2)(c2ccccc2)C(=O)N1C. The van der Waals surface area contributed by atoms with Gasteiger partial charge < -0.3 is 4.90 Å². The van der Waals surface area contributed by atoms with E-state index < -0.39 is 5.41 Å². The van der Waals surface area contributed by atoms with E-state index in [-0.39, 0.29) is 11.9 Å². The molecule has 0 saturated carbocycles. The van der Waals surface area contributed by atoms with Crippen LogP contribution < -0.4 is 0 Å². The fourth-order valence-electron chi connectivity index (χ4n) is 3.26. The molecule has 0 radical (unpaired) electrons. The number of likely N-dealkylation sites (N-methyl/N-ethyl adjacent to an activating group) is 1. The topological polar surface area (TPSA) is 20.3 Å². The molecule has 0 N–H and O–H groups in total. The molecule has 1 fully saturated rings. The predicted octanol–water partition coefficient (Wildman–Crippen LogP) is 3.22. The Morgan fingerprint density at radius 3 is 1.75 bits per heavy atom. The zero-order chi connectivity index (χ0) is 14.2. The summed E-state index contributed by atoms with van der Waals surface area (Å²) in [5, 5.41) is 0. The van der Waals surface area contributed by atoms with Crippen LogP contribution in [0.25, 0.3) is 0 Å². The van der Waals surface area contributed by atoms with Gasteiger partial charge in [0.25, 0.3) is 0 Å². The molecule has 2 aromatic rings. The quantitative estimate of drug-likeness (QED) is 0.816. The van der Waals surface area contributed by atoms with Crippen LogP contribution in [0.3, 0.4) is 0 Å². The third-order valence-corrected chi connectivity index (χ3v) is 4.48. The Kier molecular flexibility index (Phi) is 3.09. The summed E-state index contributed by atoms with van der Waals surface area (Å²) in [6.07, 6.45) is 0.830. The van der Waals surface area contributed by atoms with Crippen molar-refractivity contribution >= 4 is 5.91 Å². The summed E-state index contributed by atoms with van der Waals surface area (Å²) in [7, 11) is 1.90. The first kappa shape index (κ1) is 12.9. The van der Waals surface area contributed by atoms with Crippen molar-refractivity contribution in [1.29, 1.82) is 0 Å². The molecule has 2 aromatic carbocycles. The second-order valence-electron chi connectivity index (χ2n) is 5.61. The maximum atomic E-state index is 13.0. The Bertz CT molecular complexity index is 566. The van der Waals surface area contributed by atoms with Gasteiger partial charge in [0.1, 0.15) is 5.41 Å². The highest BCUT2D eigenvalue weighted by atomic mass is 16.2. The molecule has 0 aromatic heterocycles. The number of amides is 1. The smallest absolute Gasteiger partial charge is 0.237 e. The van der Waals surface area contributed by atoms with Crippen molar-refractivity contribution in [2.24, 2.45) is 0 Å². The molecule has 3 rings (SSSR count). The number of carbonyl (C=O) groups excluding carboxylic acids is 1. The lowest BCUT2D eigenvalue weighted by Gasteiger charge is -2.28. The van der Waals surface area contributed by atoms with E-state index in [9.17, 15) is 4.79 Å². The number of hydrogen-bond donors (Lipinski definition) is 0. The van der Waals surface area contributed by atoms with Crippen LogP contribution in [0.15, 0.2) is 60.7 Å². The maximum Gasteiger partial charge on any atom is 0.237 e. The van der Waals surface area contributed by atoms with Gasteiger partial charge in [-0.2, -0.15) is 0 Å². The van der Waals surface area contributed by atoms with Gasteiger partial charge in [0.2, 0.25) is 5.91 Å². The highest BCUT2D eigenvalue weighted by Crippen LogP contribution is 2.43. The number of benzene rings is 2. The Hall–Kier alpha value is -2.09. The van der Waals surface area contributed by atoms with Gasteiger partial charge in [0.15, 0.2) is 0 Å². The number of hydrogen-bond acceptors (Lipinski definition) is 1. The van der Waals surface area contributed by atoms with Crippen molar-refractivity contribution < 1.29 is 4.79 Å². The van der Waals surface area contributed by atoms with Gasteiger partial charge in [0, 0.05) is 13.1 Å². The normalized spacial score (nSPS) is 21.2. The molecular weight excluding hydrogens is 246 g/mol. The fourth-order valence-corrected chi connectivity index (χ4v) is 3.26. The van der Waals surface area contributed by atoms with Crippen molar-refractivity contribution in [3.63, 3.8) is 0 Å². The van der Waals surface area contributed by atoms with Crippen LogP contribution >= 0.6 is 0 Å². The van der Waals surface area contributed by atoms with E-state index in [2.05, 4.69) is 31.2 Å². The van der Waals surface area contributed by atoms with Crippen LogP contribution in [0.1, 0.15) is 24.5 Å². The molecule has 2 heteroatoms. The zero-order valence-corrected chi connectivity index (χ0v) is 11.9. The van der Waals surface area contributed by atoms with Gasteiger partial charge in [-0.1, -0.05) is 60.7 Å². The van der Waals surface area contributed by atoms with Crippen LogP contribution in [0.4, 0.5) is 0 Å². The molecule has 0 unspecified atom stereocenters. The van der Waals surface area contributed by atoms with Crippen LogP contribution in [-0.2, 0) is 10.2 Å². The van der Waals surface area contributed by atoms with E-state index in [0.29, 0.717) is 0 Å². The van der Waals surface area contributed by atoms with Crippen LogP contribution in [-0.4, -0.2) is 23.9 Å². The van der Waals surface area contributed by atoms with Crippen LogP contribution in [0.2, 0.25) is 0 Å². The molecule has 0 bridgehead atoms. The summed E-state index contributed by atoms with van der Waals surface area (Å²) >= 11 is 0. The van der Waals surface area contributed by atoms with Crippen molar-refractivity contribution in [2.45, 2.75) is 24.8 Å². The Morgan fingerprint density at radius 1 is 0.950 bits per heavy atom. The molecule has 1 saturated heterocycles. The summed E-state index contributed by atoms with van der Waals surface area (Å²) in [6.45, 7) is 2.12. The summed E-state index contributed by atoms with van der Waals surface area (Å²) in [6, 6.07) is 20.5. The minimum Gasteiger partial charge on any atom is -0.342 e. The first-order chi connectivity index (χ1) is 9.66. The highest BCUT2D eigenvalue weighted by Gasteiger charge is 2.50. The third kappa shape index (κ3) is 1.75. The molecule has 1 aliphatic rings. The predicted molar refractivity (Wildman–Crippen MR) is 80.5 cm³/mol. The zero-order valence-electron chi connectivity index (χ0n) is 11.9. The second-order valence-corrected chi connectivity index (χ2v) is 5.61. The summed E-state index contributed by atoms with van der Waals surface area (Å²) in [5.41, 5.74) is 1.65. The molecule has 1 heterocycles. The summed E-state index contributed by atoms with van der Waals surface area (Å²) in [4.78, 5) is 14.8. The van der Waals surface area contributed by atoms with Gasteiger partial charge in [-0.3, -0.25) is 4.79 Å². The lowest BCUT2D eigenvalue weighted by molar-refractivity contribution is -0.130. The van der Waals surface area contributed by atoms with Crippen LogP contribution in [0.5, 0.6) is 0 Å². The average Bonchev–Trinajstić information content (AvgIpc) is 2.74. The molecule has 1 atom stereocenters.